The second kappa shape index (κ2) is 6.91. The molecule has 2 nitrogen and oxygen atoms in total. The van der Waals surface area contributed by atoms with E-state index in [-0.39, 0.29) is 5.43 Å². The van der Waals surface area contributed by atoms with E-state index in [0.717, 1.165) is 31.8 Å². The van der Waals surface area contributed by atoms with Gasteiger partial charge in [-0.3, -0.25) is 4.79 Å². The molecule has 122 valence electrons. The molecule has 0 aliphatic carbocycles. The van der Waals surface area contributed by atoms with Gasteiger partial charge in [0.05, 0.1) is 0 Å². The highest BCUT2D eigenvalue weighted by molar-refractivity contribution is 7.21. The minimum Gasteiger partial charge on any atom is -0.381 e. The molecule has 1 N–H and O–H groups in total. The van der Waals surface area contributed by atoms with Crippen molar-refractivity contribution in [3.63, 3.8) is 0 Å². The third kappa shape index (κ3) is 3.19. The van der Waals surface area contributed by atoms with E-state index in [1.807, 2.05) is 72.8 Å². The van der Waals surface area contributed by atoms with Gasteiger partial charge < -0.3 is 5.32 Å². The van der Waals surface area contributed by atoms with E-state index in [1.54, 1.807) is 11.3 Å². The Labute approximate surface area is 150 Å². The van der Waals surface area contributed by atoms with E-state index in [9.17, 15) is 4.79 Å². The van der Waals surface area contributed by atoms with Gasteiger partial charge >= 0.3 is 0 Å². The second-order valence-electron chi connectivity index (χ2n) is 5.82. The number of hydrogen-bond donors (Lipinski definition) is 1. The van der Waals surface area contributed by atoms with Crippen molar-refractivity contribution in [1.29, 1.82) is 0 Å². The fourth-order valence-corrected chi connectivity index (χ4v) is 4.09. The zero-order chi connectivity index (χ0) is 17.1. The van der Waals surface area contributed by atoms with Crippen molar-refractivity contribution >= 4 is 27.1 Å². The summed E-state index contributed by atoms with van der Waals surface area (Å²) in [6, 6.07) is 28.0. The molecule has 4 rings (SSSR count). The highest BCUT2D eigenvalue weighted by Gasteiger charge is 2.13. The Morgan fingerprint density at radius 3 is 2.16 bits per heavy atom. The Morgan fingerprint density at radius 2 is 1.40 bits per heavy atom. The third-order valence-electron chi connectivity index (χ3n) is 4.17. The number of rotatable bonds is 4. The summed E-state index contributed by atoms with van der Waals surface area (Å²) in [5, 5.41) is 4.17. The summed E-state index contributed by atoms with van der Waals surface area (Å²) in [5.74, 6) is 0. The van der Waals surface area contributed by atoms with Crippen molar-refractivity contribution in [2.75, 3.05) is 5.32 Å². The molecular formula is C22H17NOS. The first kappa shape index (κ1) is 15.6. The average Bonchev–Trinajstić information content (AvgIpc) is 2.69. The van der Waals surface area contributed by atoms with Gasteiger partial charge in [-0.15, -0.1) is 11.3 Å². The van der Waals surface area contributed by atoms with Crippen LogP contribution in [0.4, 0.5) is 5.69 Å². The van der Waals surface area contributed by atoms with Crippen LogP contribution in [0.2, 0.25) is 0 Å². The highest BCUT2D eigenvalue weighted by atomic mass is 32.1. The van der Waals surface area contributed by atoms with Crippen LogP contribution in [0.15, 0.2) is 89.7 Å². The van der Waals surface area contributed by atoms with Gasteiger partial charge in [0, 0.05) is 32.8 Å². The Balaban J connectivity index is 1.85. The van der Waals surface area contributed by atoms with Gasteiger partial charge in [-0.2, -0.15) is 0 Å². The average molecular weight is 343 g/mol. The maximum atomic E-state index is 13.1. The topological polar surface area (TPSA) is 29.1 Å². The summed E-state index contributed by atoms with van der Waals surface area (Å²) in [7, 11) is 0. The minimum atomic E-state index is 0.108. The normalized spacial score (nSPS) is 10.7. The van der Waals surface area contributed by atoms with E-state index in [1.165, 1.54) is 0 Å². The molecule has 3 aromatic carbocycles. The molecule has 0 saturated heterocycles. The lowest BCUT2D eigenvalue weighted by Gasteiger charge is -2.12. The summed E-state index contributed by atoms with van der Waals surface area (Å²) < 4.78 is 1.02. The van der Waals surface area contributed by atoms with Gasteiger partial charge in [0.15, 0.2) is 5.43 Å². The summed E-state index contributed by atoms with van der Waals surface area (Å²) in [6.45, 7) is 0.508. The molecule has 25 heavy (non-hydrogen) atoms. The van der Waals surface area contributed by atoms with Crippen molar-refractivity contribution in [2.24, 2.45) is 0 Å². The van der Waals surface area contributed by atoms with Crippen LogP contribution in [-0.4, -0.2) is 0 Å². The lowest BCUT2D eigenvalue weighted by atomic mass is 10.1. The Hall–Kier alpha value is -2.91. The second-order valence-corrected chi connectivity index (χ2v) is 6.87. The molecule has 0 radical (unpaired) electrons. The summed E-state index contributed by atoms with van der Waals surface area (Å²) in [4.78, 5) is 14.1. The van der Waals surface area contributed by atoms with Crippen LogP contribution >= 0.6 is 11.3 Å². The van der Waals surface area contributed by atoms with E-state index in [0.29, 0.717) is 6.54 Å². The monoisotopic (exact) mass is 343 g/mol. The number of benzene rings is 3. The first-order chi connectivity index (χ1) is 12.3. The van der Waals surface area contributed by atoms with Gasteiger partial charge in [-0.25, -0.2) is 0 Å². The zero-order valence-corrected chi connectivity index (χ0v) is 14.4. The SMILES string of the molecule is O=c1c(CNc2ccccc2)c(-c2ccccc2)sc2ccccc12. The smallest absolute Gasteiger partial charge is 0.193 e. The molecule has 3 heteroatoms. The third-order valence-corrected chi connectivity index (χ3v) is 5.43. The molecule has 0 unspecified atom stereocenters. The predicted octanol–water partition coefficient (Wildman–Crippen LogP) is 5.54. The molecular weight excluding hydrogens is 326 g/mol. The fraction of sp³-hybridized carbons (Fsp3) is 0.0455. The van der Waals surface area contributed by atoms with Crippen LogP contribution in [0, 0.1) is 0 Å². The van der Waals surface area contributed by atoms with Gasteiger partial charge in [-0.1, -0.05) is 60.7 Å². The van der Waals surface area contributed by atoms with Crippen molar-refractivity contribution < 1.29 is 0 Å². The van der Waals surface area contributed by atoms with Gasteiger partial charge in [0.25, 0.3) is 0 Å². The van der Waals surface area contributed by atoms with Crippen LogP contribution in [0.5, 0.6) is 0 Å². The van der Waals surface area contributed by atoms with Crippen molar-refractivity contribution in [3.05, 3.63) is 101 Å². The zero-order valence-electron chi connectivity index (χ0n) is 13.6. The number of nitrogens with one attached hydrogen (secondary N) is 1. The van der Waals surface area contributed by atoms with Crippen molar-refractivity contribution in [2.45, 2.75) is 6.54 Å². The molecule has 0 bridgehead atoms. The van der Waals surface area contributed by atoms with Gasteiger partial charge in [0.1, 0.15) is 0 Å². The number of para-hydroxylation sites is 1. The van der Waals surface area contributed by atoms with Crippen LogP contribution in [0.3, 0.4) is 0 Å². The lowest BCUT2D eigenvalue weighted by molar-refractivity contribution is 1.15. The Bertz CT molecular complexity index is 1060. The predicted molar refractivity (Wildman–Crippen MR) is 107 cm³/mol. The van der Waals surface area contributed by atoms with Crippen LogP contribution in [0.1, 0.15) is 5.56 Å². The Morgan fingerprint density at radius 1 is 0.760 bits per heavy atom. The quantitative estimate of drug-likeness (QED) is 0.527. The van der Waals surface area contributed by atoms with Crippen molar-refractivity contribution in [3.8, 4) is 10.4 Å². The maximum Gasteiger partial charge on any atom is 0.193 e. The molecule has 0 spiro atoms. The van der Waals surface area contributed by atoms with Gasteiger partial charge in [0.2, 0.25) is 0 Å². The standard InChI is InChI=1S/C22H17NOS/c24-21-18-13-7-8-14-20(18)25-22(16-9-3-1-4-10-16)19(21)15-23-17-11-5-2-6-12-17/h1-14,23H,15H2. The highest BCUT2D eigenvalue weighted by Crippen LogP contribution is 2.31. The molecule has 4 aromatic rings. The molecule has 0 atom stereocenters. The molecule has 0 amide bonds. The number of fused-ring (bicyclic) bond motifs is 1. The number of hydrogen-bond acceptors (Lipinski definition) is 3. The minimum absolute atomic E-state index is 0.108. The molecule has 1 heterocycles. The first-order valence-electron chi connectivity index (χ1n) is 8.22. The van der Waals surface area contributed by atoms with Gasteiger partial charge in [-0.05, 0) is 29.8 Å². The number of anilines is 1. The molecule has 1 aromatic heterocycles. The van der Waals surface area contributed by atoms with E-state index >= 15 is 0 Å². The molecule has 0 fully saturated rings. The van der Waals surface area contributed by atoms with Crippen LogP contribution in [-0.2, 0) is 6.54 Å². The molecule has 0 aliphatic heterocycles. The lowest BCUT2D eigenvalue weighted by Crippen LogP contribution is -2.14. The molecule has 0 aliphatic rings. The Kier molecular flexibility index (Phi) is 4.32. The van der Waals surface area contributed by atoms with Crippen LogP contribution < -0.4 is 10.7 Å². The molecule has 0 saturated carbocycles. The summed E-state index contributed by atoms with van der Waals surface area (Å²) in [6.07, 6.45) is 0. The van der Waals surface area contributed by atoms with E-state index in [4.69, 9.17) is 0 Å². The largest absolute Gasteiger partial charge is 0.381 e. The summed E-state index contributed by atoms with van der Waals surface area (Å²) >= 11 is 1.68. The summed E-state index contributed by atoms with van der Waals surface area (Å²) in [5.41, 5.74) is 3.02. The van der Waals surface area contributed by atoms with Crippen LogP contribution in [0.25, 0.3) is 20.5 Å². The van der Waals surface area contributed by atoms with E-state index in [2.05, 4.69) is 17.4 Å². The van der Waals surface area contributed by atoms with Crippen molar-refractivity contribution in [1.82, 2.24) is 0 Å². The fourth-order valence-electron chi connectivity index (χ4n) is 2.91. The maximum absolute atomic E-state index is 13.1. The first-order valence-corrected chi connectivity index (χ1v) is 9.03. The van der Waals surface area contributed by atoms with E-state index < -0.39 is 0 Å².